The average Bonchev–Trinajstić information content (AvgIpc) is 2.76. The summed E-state index contributed by atoms with van der Waals surface area (Å²) in [5.41, 5.74) is -1.38. The third-order valence-electron chi connectivity index (χ3n) is 2.99. The van der Waals surface area contributed by atoms with Gasteiger partial charge in [-0.25, -0.2) is 0 Å². The SMILES string of the molecule is C[C@@]1(O)[C@H](O)[C@@H](CO)O[C@H]1C1C=CC=N1. The first-order valence-electron chi connectivity index (χ1n) is 4.94. The average molecular weight is 213 g/mol. The smallest absolute Gasteiger partial charge is 0.119 e. The van der Waals surface area contributed by atoms with Gasteiger partial charge in [-0.05, 0) is 13.0 Å². The zero-order valence-corrected chi connectivity index (χ0v) is 8.45. The van der Waals surface area contributed by atoms with Gasteiger partial charge in [0.2, 0.25) is 0 Å². The van der Waals surface area contributed by atoms with Gasteiger partial charge in [0.05, 0.1) is 12.6 Å². The Morgan fingerprint density at radius 3 is 2.73 bits per heavy atom. The fraction of sp³-hybridized carbons (Fsp3) is 0.700. The second-order valence-corrected chi connectivity index (χ2v) is 4.12. The van der Waals surface area contributed by atoms with Crippen LogP contribution in [0.3, 0.4) is 0 Å². The van der Waals surface area contributed by atoms with Crippen molar-refractivity contribution in [1.82, 2.24) is 0 Å². The summed E-state index contributed by atoms with van der Waals surface area (Å²) in [7, 11) is 0. The van der Waals surface area contributed by atoms with Crippen molar-refractivity contribution in [2.24, 2.45) is 4.99 Å². The van der Waals surface area contributed by atoms with Crippen LogP contribution in [0.25, 0.3) is 0 Å². The van der Waals surface area contributed by atoms with Gasteiger partial charge >= 0.3 is 0 Å². The minimum atomic E-state index is -1.38. The first-order valence-corrected chi connectivity index (χ1v) is 4.94. The lowest BCUT2D eigenvalue weighted by molar-refractivity contribution is -0.0658. The summed E-state index contributed by atoms with van der Waals surface area (Å²) >= 11 is 0. The van der Waals surface area contributed by atoms with Gasteiger partial charge in [-0.1, -0.05) is 6.08 Å². The number of allylic oxidation sites excluding steroid dienone is 1. The molecule has 2 rings (SSSR count). The highest BCUT2D eigenvalue weighted by Gasteiger charge is 2.54. The molecule has 5 atom stereocenters. The molecule has 0 aliphatic carbocycles. The molecule has 0 aromatic rings. The molecule has 2 aliphatic rings. The van der Waals surface area contributed by atoms with Gasteiger partial charge < -0.3 is 20.1 Å². The number of hydrogen-bond acceptors (Lipinski definition) is 5. The number of aliphatic hydroxyl groups is 3. The molecule has 0 saturated carbocycles. The van der Waals surface area contributed by atoms with Gasteiger partial charge in [-0.3, -0.25) is 4.99 Å². The minimum absolute atomic E-state index is 0.286. The molecule has 15 heavy (non-hydrogen) atoms. The molecule has 0 spiro atoms. The maximum absolute atomic E-state index is 10.1. The number of ether oxygens (including phenoxy) is 1. The molecule has 0 radical (unpaired) electrons. The van der Waals surface area contributed by atoms with Crippen molar-refractivity contribution in [2.75, 3.05) is 6.61 Å². The molecule has 0 bridgehead atoms. The molecule has 0 aromatic carbocycles. The Hall–Kier alpha value is -0.750. The van der Waals surface area contributed by atoms with E-state index in [2.05, 4.69) is 4.99 Å². The van der Waals surface area contributed by atoms with E-state index >= 15 is 0 Å². The lowest BCUT2D eigenvalue weighted by atomic mass is 9.89. The Kier molecular flexibility index (Phi) is 2.64. The van der Waals surface area contributed by atoms with E-state index in [0.717, 1.165) is 0 Å². The second kappa shape index (κ2) is 3.68. The molecule has 5 heteroatoms. The Balaban J connectivity index is 2.19. The van der Waals surface area contributed by atoms with Crippen LogP contribution in [0.2, 0.25) is 0 Å². The van der Waals surface area contributed by atoms with E-state index < -0.39 is 23.9 Å². The van der Waals surface area contributed by atoms with Gasteiger partial charge in [0.1, 0.15) is 23.9 Å². The van der Waals surface area contributed by atoms with E-state index in [1.165, 1.54) is 6.92 Å². The molecule has 0 amide bonds. The fourth-order valence-electron chi connectivity index (χ4n) is 2.06. The zero-order chi connectivity index (χ0) is 11.1. The maximum Gasteiger partial charge on any atom is 0.119 e. The normalized spacial score (nSPS) is 49.1. The fourth-order valence-corrected chi connectivity index (χ4v) is 2.06. The van der Waals surface area contributed by atoms with Crippen LogP contribution in [-0.2, 0) is 4.74 Å². The van der Waals surface area contributed by atoms with Crippen molar-refractivity contribution in [3.63, 3.8) is 0 Å². The third kappa shape index (κ3) is 1.61. The maximum atomic E-state index is 10.1. The van der Waals surface area contributed by atoms with E-state index in [-0.39, 0.29) is 12.6 Å². The third-order valence-corrected chi connectivity index (χ3v) is 2.99. The molecule has 3 N–H and O–H groups in total. The Morgan fingerprint density at radius 2 is 2.27 bits per heavy atom. The predicted molar refractivity (Wildman–Crippen MR) is 53.8 cm³/mol. The van der Waals surface area contributed by atoms with Crippen molar-refractivity contribution in [2.45, 2.75) is 36.9 Å². The van der Waals surface area contributed by atoms with E-state index in [9.17, 15) is 10.2 Å². The van der Waals surface area contributed by atoms with Crippen LogP contribution >= 0.6 is 0 Å². The first-order chi connectivity index (χ1) is 7.07. The van der Waals surface area contributed by atoms with Crippen molar-refractivity contribution in [1.29, 1.82) is 0 Å². The van der Waals surface area contributed by atoms with Gasteiger partial charge in [0.25, 0.3) is 0 Å². The van der Waals surface area contributed by atoms with Crippen LogP contribution < -0.4 is 0 Å². The Morgan fingerprint density at radius 1 is 1.53 bits per heavy atom. The molecular weight excluding hydrogens is 198 g/mol. The number of hydrogen-bond donors (Lipinski definition) is 3. The number of rotatable bonds is 2. The first kappa shape index (κ1) is 10.8. The van der Waals surface area contributed by atoms with E-state index in [1.54, 1.807) is 18.4 Å². The van der Waals surface area contributed by atoms with E-state index in [1.807, 2.05) is 0 Å². The summed E-state index contributed by atoms with van der Waals surface area (Å²) in [6.07, 6.45) is 2.75. The molecule has 1 saturated heterocycles. The number of aliphatic hydroxyl groups excluding tert-OH is 2. The Bertz CT molecular complexity index is 288. The molecule has 5 nitrogen and oxygen atoms in total. The summed E-state index contributed by atoms with van der Waals surface area (Å²) in [4.78, 5) is 4.10. The van der Waals surface area contributed by atoms with Crippen LogP contribution in [0.5, 0.6) is 0 Å². The summed E-state index contributed by atoms with van der Waals surface area (Å²) in [5, 5.41) is 28.8. The Labute approximate surface area is 87.7 Å². The summed E-state index contributed by atoms with van der Waals surface area (Å²) in [5.74, 6) is 0. The molecule has 1 unspecified atom stereocenters. The van der Waals surface area contributed by atoms with Crippen molar-refractivity contribution in [3.8, 4) is 0 Å². The van der Waals surface area contributed by atoms with Gasteiger partial charge in [-0.15, -0.1) is 0 Å². The number of nitrogens with zero attached hydrogens (tertiary/aromatic N) is 1. The van der Waals surface area contributed by atoms with Gasteiger partial charge in [0, 0.05) is 6.21 Å². The highest BCUT2D eigenvalue weighted by molar-refractivity contribution is 5.74. The standard InChI is InChI=1S/C10H15NO4/c1-10(14)8(13)7(5-12)15-9(10)6-3-2-4-11-6/h2-4,6-9,12-14H,5H2,1H3/t6?,7-,8-,9+,10-/m1/s1. The van der Waals surface area contributed by atoms with Gasteiger partial charge in [0.15, 0.2) is 0 Å². The predicted octanol–water partition coefficient (Wildman–Crippen LogP) is -1.13. The van der Waals surface area contributed by atoms with Crippen LogP contribution in [0.4, 0.5) is 0 Å². The summed E-state index contributed by atoms with van der Waals surface area (Å²) in [6.45, 7) is 1.19. The van der Waals surface area contributed by atoms with Crippen LogP contribution in [0.1, 0.15) is 6.92 Å². The molecule has 2 aliphatic heterocycles. The molecular formula is C10H15NO4. The number of aliphatic imine (C=N–C) groups is 1. The molecule has 2 heterocycles. The van der Waals surface area contributed by atoms with Crippen LogP contribution in [0, 0.1) is 0 Å². The monoisotopic (exact) mass is 213 g/mol. The van der Waals surface area contributed by atoms with Crippen LogP contribution in [-0.4, -0.2) is 58.1 Å². The minimum Gasteiger partial charge on any atom is -0.394 e. The van der Waals surface area contributed by atoms with E-state index in [4.69, 9.17) is 9.84 Å². The quantitative estimate of drug-likeness (QED) is 0.542. The highest BCUT2D eigenvalue weighted by Crippen LogP contribution is 2.34. The summed E-state index contributed by atoms with van der Waals surface area (Å²) < 4.78 is 5.41. The van der Waals surface area contributed by atoms with Crippen molar-refractivity contribution >= 4 is 6.21 Å². The van der Waals surface area contributed by atoms with Crippen molar-refractivity contribution < 1.29 is 20.1 Å². The van der Waals surface area contributed by atoms with Crippen molar-refractivity contribution in [3.05, 3.63) is 12.2 Å². The lowest BCUT2D eigenvalue weighted by Crippen LogP contribution is -2.49. The molecule has 0 aromatic heterocycles. The largest absolute Gasteiger partial charge is 0.394 e. The molecule has 1 fully saturated rings. The second-order valence-electron chi connectivity index (χ2n) is 4.12. The van der Waals surface area contributed by atoms with Crippen LogP contribution in [0.15, 0.2) is 17.1 Å². The zero-order valence-electron chi connectivity index (χ0n) is 8.45. The molecule has 84 valence electrons. The van der Waals surface area contributed by atoms with Gasteiger partial charge in [-0.2, -0.15) is 0 Å². The topological polar surface area (TPSA) is 82.3 Å². The van der Waals surface area contributed by atoms with E-state index in [0.29, 0.717) is 0 Å². The summed E-state index contributed by atoms with van der Waals surface area (Å²) in [6, 6.07) is -0.286. The lowest BCUT2D eigenvalue weighted by Gasteiger charge is -2.28. The highest BCUT2D eigenvalue weighted by atomic mass is 16.6.